The molecule has 1 aromatic rings. The van der Waals surface area contributed by atoms with Crippen LogP contribution >= 0.6 is 0 Å². The van der Waals surface area contributed by atoms with E-state index in [-0.39, 0.29) is 12.0 Å². The molecule has 2 N–H and O–H groups in total. The van der Waals surface area contributed by atoms with E-state index in [2.05, 4.69) is 11.8 Å². The fourth-order valence-corrected chi connectivity index (χ4v) is 2.19. The van der Waals surface area contributed by atoms with Gasteiger partial charge in [-0.25, -0.2) is 0 Å². The van der Waals surface area contributed by atoms with Crippen LogP contribution in [0.15, 0.2) is 24.3 Å². The van der Waals surface area contributed by atoms with E-state index in [0.29, 0.717) is 6.61 Å². The van der Waals surface area contributed by atoms with Crippen LogP contribution < -0.4 is 5.73 Å². The molecule has 0 bridgehead atoms. The SMILES string of the molecule is CCN(Cc1cccc(N)c1)C1CCOC1=O. The molecular weight excluding hydrogens is 216 g/mol. The van der Waals surface area contributed by atoms with Crippen molar-refractivity contribution in [3.05, 3.63) is 29.8 Å². The maximum absolute atomic E-state index is 11.5. The molecule has 1 heterocycles. The summed E-state index contributed by atoms with van der Waals surface area (Å²) in [5.41, 5.74) is 7.63. The van der Waals surface area contributed by atoms with E-state index in [1.165, 1.54) is 0 Å². The van der Waals surface area contributed by atoms with Gasteiger partial charge in [0.15, 0.2) is 0 Å². The minimum atomic E-state index is -0.101. The molecule has 0 radical (unpaired) electrons. The molecule has 4 heteroatoms. The lowest BCUT2D eigenvalue weighted by atomic mass is 10.1. The van der Waals surface area contributed by atoms with Crippen molar-refractivity contribution in [1.82, 2.24) is 4.90 Å². The molecule has 0 aromatic heterocycles. The van der Waals surface area contributed by atoms with Gasteiger partial charge in [-0.1, -0.05) is 19.1 Å². The normalized spacial score (nSPS) is 19.6. The molecule has 4 nitrogen and oxygen atoms in total. The summed E-state index contributed by atoms with van der Waals surface area (Å²) in [7, 11) is 0. The van der Waals surface area contributed by atoms with Crippen LogP contribution in [-0.4, -0.2) is 30.1 Å². The Balaban J connectivity index is 2.07. The first-order valence-electron chi connectivity index (χ1n) is 5.96. The number of hydrogen-bond donors (Lipinski definition) is 1. The second-order valence-corrected chi connectivity index (χ2v) is 4.28. The molecule has 1 aliphatic rings. The number of nitrogen functional groups attached to an aromatic ring is 1. The minimum Gasteiger partial charge on any atom is -0.464 e. The zero-order chi connectivity index (χ0) is 12.3. The third kappa shape index (κ3) is 2.77. The van der Waals surface area contributed by atoms with Crippen molar-refractivity contribution < 1.29 is 9.53 Å². The predicted octanol–water partition coefficient (Wildman–Crippen LogP) is 1.41. The number of nitrogens with zero attached hydrogens (tertiary/aromatic N) is 1. The molecule has 0 spiro atoms. The number of rotatable bonds is 4. The molecule has 17 heavy (non-hydrogen) atoms. The summed E-state index contributed by atoms with van der Waals surface area (Å²) in [5.74, 6) is -0.101. The summed E-state index contributed by atoms with van der Waals surface area (Å²) in [4.78, 5) is 13.7. The van der Waals surface area contributed by atoms with Crippen LogP contribution in [-0.2, 0) is 16.1 Å². The molecule has 0 aliphatic carbocycles. The van der Waals surface area contributed by atoms with Crippen LogP contribution in [0, 0.1) is 0 Å². The van der Waals surface area contributed by atoms with Gasteiger partial charge in [0, 0.05) is 18.7 Å². The van der Waals surface area contributed by atoms with E-state index in [0.717, 1.165) is 30.8 Å². The number of nitrogens with two attached hydrogens (primary N) is 1. The number of anilines is 1. The smallest absolute Gasteiger partial charge is 0.323 e. The second-order valence-electron chi connectivity index (χ2n) is 4.28. The number of carbonyl (C=O) groups excluding carboxylic acids is 1. The Morgan fingerprint density at radius 3 is 2.94 bits per heavy atom. The van der Waals surface area contributed by atoms with Crippen LogP contribution in [0.3, 0.4) is 0 Å². The van der Waals surface area contributed by atoms with Crippen molar-refractivity contribution in [1.29, 1.82) is 0 Å². The lowest BCUT2D eigenvalue weighted by Gasteiger charge is -2.24. The Morgan fingerprint density at radius 2 is 2.35 bits per heavy atom. The van der Waals surface area contributed by atoms with Gasteiger partial charge in [-0.15, -0.1) is 0 Å². The van der Waals surface area contributed by atoms with Crippen LogP contribution in [0.5, 0.6) is 0 Å². The highest BCUT2D eigenvalue weighted by Crippen LogP contribution is 2.17. The van der Waals surface area contributed by atoms with E-state index in [4.69, 9.17) is 10.5 Å². The Morgan fingerprint density at radius 1 is 1.53 bits per heavy atom. The molecule has 92 valence electrons. The van der Waals surface area contributed by atoms with Crippen LogP contribution in [0.1, 0.15) is 18.9 Å². The van der Waals surface area contributed by atoms with Crippen molar-refractivity contribution in [2.75, 3.05) is 18.9 Å². The van der Waals surface area contributed by atoms with Gasteiger partial charge in [0.2, 0.25) is 0 Å². The first-order valence-corrected chi connectivity index (χ1v) is 5.96. The third-order valence-corrected chi connectivity index (χ3v) is 3.09. The van der Waals surface area contributed by atoms with Crippen molar-refractivity contribution >= 4 is 11.7 Å². The zero-order valence-corrected chi connectivity index (χ0v) is 10.1. The van der Waals surface area contributed by atoms with Gasteiger partial charge in [-0.3, -0.25) is 9.69 Å². The topological polar surface area (TPSA) is 55.6 Å². The first kappa shape index (κ1) is 11.9. The molecular formula is C13H18N2O2. The number of hydrogen-bond acceptors (Lipinski definition) is 4. The molecule has 1 aromatic carbocycles. The van der Waals surface area contributed by atoms with Crippen molar-refractivity contribution in [2.45, 2.75) is 25.9 Å². The van der Waals surface area contributed by atoms with E-state index >= 15 is 0 Å². The van der Waals surface area contributed by atoms with Gasteiger partial charge in [0.25, 0.3) is 0 Å². The fraction of sp³-hybridized carbons (Fsp3) is 0.462. The molecule has 1 unspecified atom stereocenters. The number of ether oxygens (including phenoxy) is 1. The molecule has 1 atom stereocenters. The lowest BCUT2D eigenvalue weighted by Crippen LogP contribution is -2.37. The number of cyclic esters (lactones) is 1. The summed E-state index contributed by atoms with van der Waals surface area (Å²) in [6, 6.07) is 7.68. The molecule has 2 rings (SSSR count). The van der Waals surface area contributed by atoms with E-state index in [1.54, 1.807) is 0 Å². The number of esters is 1. The summed E-state index contributed by atoms with van der Waals surface area (Å²) in [6.07, 6.45) is 0.787. The zero-order valence-electron chi connectivity index (χ0n) is 10.1. The second kappa shape index (κ2) is 5.19. The summed E-state index contributed by atoms with van der Waals surface area (Å²) in [6.45, 7) is 4.16. The number of carbonyl (C=O) groups is 1. The standard InChI is InChI=1S/C13H18N2O2/c1-2-15(12-6-7-17-13(12)16)9-10-4-3-5-11(14)8-10/h3-5,8,12H,2,6-7,9,14H2,1H3. The Labute approximate surface area is 101 Å². The highest BCUT2D eigenvalue weighted by Gasteiger charge is 2.31. The quantitative estimate of drug-likeness (QED) is 0.632. The van der Waals surface area contributed by atoms with Gasteiger partial charge in [0.05, 0.1) is 6.61 Å². The van der Waals surface area contributed by atoms with Gasteiger partial charge < -0.3 is 10.5 Å². The Hall–Kier alpha value is -1.55. The Bertz CT molecular complexity index is 406. The molecule has 0 saturated carbocycles. The van der Waals surface area contributed by atoms with Crippen LogP contribution in [0.2, 0.25) is 0 Å². The lowest BCUT2D eigenvalue weighted by molar-refractivity contribution is -0.142. The Kier molecular flexibility index (Phi) is 3.64. The van der Waals surface area contributed by atoms with E-state index in [1.807, 2.05) is 24.3 Å². The van der Waals surface area contributed by atoms with Crippen molar-refractivity contribution in [3.8, 4) is 0 Å². The maximum atomic E-state index is 11.5. The minimum absolute atomic E-state index is 0.0959. The monoisotopic (exact) mass is 234 g/mol. The first-order chi connectivity index (χ1) is 8.20. The molecule has 0 amide bonds. The van der Waals surface area contributed by atoms with Gasteiger partial charge in [-0.05, 0) is 24.2 Å². The van der Waals surface area contributed by atoms with Gasteiger partial charge >= 0.3 is 5.97 Å². The van der Waals surface area contributed by atoms with Crippen LogP contribution in [0.25, 0.3) is 0 Å². The summed E-state index contributed by atoms with van der Waals surface area (Å²) >= 11 is 0. The average molecular weight is 234 g/mol. The average Bonchev–Trinajstić information content (AvgIpc) is 2.72. The molecule has 1 fully saturated rings. The molecule has 1 saturated heterocycles. The summed E-state index contributed by atoms with van der Waals surface area (Å²) in [5, 5.41) is 0. The van der Waals surface area contributed by atoms with Gasteiger partial charge in [0.1, 0.15) is 6.04 Å². The number of benzene rings is 1. The predicted molar refractivity (Wildman–Crippen MR) is 66.3 cm³/mol. The van der Waals surface area contributed by atoms with Crippen molar-refractivity contribution in [3.63, 3.8) is 0 Å². The van der Waals surface area contributed by atoms with E-state index < -0.39 is 0 Å². The largest absolute Gasteiger partial charge is 0.464 e. The van der Waals surface area contributed by atoms with E-state index in [9.17, 15) is 4.79 Å². The maximum Gasteiger partial charge on any atom is 0.323 e. The highest BCUT2D eigenvalue weighted by atomic mass is 16.5. The van der Waals surface area contributed by atoms with Crippen molar-refractivity contribution in [2.24, 2.45) is 0 Å². The highest BCUT2D eigenvalue weighted by molar-refractivity contribution is 5.77. The fourth-order valence-electron chi connectivity index (χ4n) is 2.19. The third-order valence-electron chi connectivity index (χ3n) is 3.09. The van der Waals surface area contributed by atoms with Gasteiger partial charge in [-0.2, -0.15) is 0 Å². The summed E-state index contributed by atoms with van der Waals surface area (Å²) < 4.78 is 5.00. The number of likely N-dealkylation sites (N-methyl/N-ethyl adjacent to an activating group) is 1. The van der Waals surface area contributed by atoms with Crippen LogP contribution in [0.4, 0.5) is 5.69 Å². The molecule has 1 aliphatic heterocycles.